The Morgan fingerprint density at radius 3 is 2.18 bits per heavy atom. The first kappa shape index (κ1) is 22.7. The van der Waals surface area contributed by atoms with Crippen LogP contribution in [0.2, 0.25) is 0 Å². The SMILES string of the molecule is Fc1ccc(C(CCCNCC2CNC3=C(C2)c2cc(F)ccc2C3)c2ccc(F)cc2)cc1. The van der Waals surface area contributed by atoms with Crippen LogP contribution in [-0.4, -0.2) is 19.6 Å². The van der Waals surface area contributed by atoms with Crippen molar-refractivity contribution in [1.82, 2.24) is 10.6 Å². The third-order valence-corrected chi connectivity index (χ3v) is 7.05. The van der Waals surface area contributed by atoms with E-state index in [1.807, 2.05) is 30.3 Å². The smallest absolute Gasteiger partial charge is 0.123 e. The summed E-state index contributed by atoms with van der Waals surface area (Å²) in [6.07, 6.45) is 3.66. The van der Waals surface area contributed by atoms with E-state index in [4.69, 9.17) is 0 Å². The quantitative estimate of drug-likeness (QED) is 0.391. The number of benzene rings is 3. The molecule has 0 saturated carbocycles. The summed E-state index contributed by atoms with van der Waals surface area (Å²) in [5, 5.41) is 7.15. The fraction of sp³-hybridized carbons (Fsp3) is 0.310. The lowest BCUT2D eigenvalue weighted by Gasteiger charge is -2.26. The molecule has 0 saturated heterocycles. The fourth-order valence-electron chi connectivity index (χ4n) is 5.27. The standard InChI is InChI=1S/C29H29F3N2/c30-23-8-3-20(4-9-23)26(21-5-10-24(31)11-6-21)2-1-13-33-17-19-14-28-27-16-25(32)12-7-22(27)15-29(28)34-18-19/h3-12,16,19,26,33-34H,1-2,13-15,17-18H2. The number of hydrogen-bond acceptors (Lipinski definition) is 2. The van der Waals surface area contributed by atoms with Crippen molar-refractivity contribution in [1.29, 1.82) is 0 Å². The van der Waals surface area contributed by atoms with E-state index in [0.29, 0.717) is 5.92 Å². The molecule has 0 aromatic heterocycles. The van der Waals surface area contributed by atoms with Gasteiger partial charge in [-0.3, -0.25) is 0 Å². The molecule has 1 aliphatic heterocycles. The second kappa shape index (κ2) is 10.1. The highest BCUT2D eigenvalue weighted by Crippen LogP contribution is 2.38. The molecular formula is C29H29F3N2. The van der Waals surface area contributed by atoms with Gasteiger partial charge in [0.25, 0.3) is 0 Å². The van der Waals surface area contributed by atoms with E-state index in [-0.39, 0.29) is 23.4 Å². The zero-order valence-electron chi connectivity index (χ0n) is 19.1. The van der Waals surface area contributed by atoms with Crippen LogP contribution in [0, 0.1) is 23.4 Å². The summed E-state index contributed by atoms with van der Waals surface area (Å²) in [5.41, 5.74) is 6.86. The Kier molecular flexibility index (Phi) is 6.73. The maximum absolute atomic E-state index is 13.8. The Morgan fingerprint density at radius 2 is 1.50 bits per heavy atom. The molecular weight excluding hydrogens is 433 g/mol. The van der Waals surface area contributed by atoms with Crippen molar-refractivity contribution in [2.75, 3.05) is 19.6 Å². The molecule has 0 amide bonds. The maximum Gasteiger partial charge on any atom is 0.123 e. The largest absolute Gasteiger partial charge is 0.387 e. The molecule has 2 N–H and O–H groups in total. The first-order valence-corrected chi connectivity index (χ1v) is 12.0. The lowest BCUT2D eigenvalue weighted by Crippen LogP contribution is -2.35. The van der Waals surface area contributed by atoms with Crippen molar-refractivity contribution in [3.8, 4) is 0 Å². The van der Waals surface area contributed by atoms with Gasteiger partial charge in [-0.2, -0.15) is 0 Å². The minimum absolute atomic E-state index is 0.0944. The molecule has 5 heteroatoms. The highest BCUT2D eigenvalue weighted by molar-refractivity contribution is 5.76. The molecule has 1 unspecified atom stereocenters. The van der Waals surface area contributed by atoms with E-state index in [2.05, 4.69) is 10.6 Å². The number of hydrogen-bond donors (Lipinski definition) is 2. The Labute approximate surface area is 198 Å². The van der Waals surface area contributed by atoms with Crippen molar-refractivity contribution in [2.45, 2.75) is 31.6 Å². The van der Waals surface area contributed by atoms with Crippen LogP contribution in [0.4, 0.5) is 13.2 Å². The monoisotopic (exact) mass is 462 g/mol. The second-order valence-corrected chi connectivity index (χ2v) is 9.39. The predicted molar refractivity (Wildman–Crippen MR) is 130 cm³/mol. The van der Waals surface area contributed by atoms with Gasteiger partial charge >= 0.3 is 0 Å². The van der Waals surface area contributed by atoms with Gasteiger partial charge in [-0.25, -0.2) is 13.2 Å². The molecule has 1 atom stereocenters. The van der Waals surface area contributed by atoms with Gasteiger partial charge in [0.15, 0.2) is 0 Å². The zero-order chi connectivity index (χ0) is 23.5. The number of nitrogens with one attached hydrogen (secondary N) is 2. The topological polar surface area (TPSA) is 24.1 Å². The molecule has 3 aromatic rings. The van der Waals surface area contributed by atoms with Gasteiger partial charge in [0, 0.05) is 24.6 Å². The molecule has 2 aliphatic rings. The van der Waals surface area contributed by atoms with Crippen LogP contribution < -0.4 is 10.6 Å². The first-order chi connectivity index (χ1) is 16.6. The number of allylic oxidation sites excluding steroid dienone is 2. The van der Waals surface area contributed by atoms with Gasteiger partial charge < -0.3 is 10.6 Å². The minimum atomic E-state index is -0.254. The molecule has 0 bridgehead atoms. The number of rotatable bonds is 8. The molecule has 2 nitrogen and oxygen atoms in total. The Bertz CT molecular complexity index is 1120. The zero-order valence-corrected chi connectivity index (χ0v) is 19.1. The van der Waals surface area contributed by atoms with Gasteiger partial charge in [0.2, 0.25) is 0 Å². The van der Waals surface area contributed by atoms with Gasteiger partial charge in [0.05, 0.1) is 0 Å². The molecule has 0 radical (unpaired) electrons. The van der Waals surface area contributed by atoms with Gasteiger partial charge in [-0.05, 0) is 102 Å². The van der Waals surface area contributed by atoms with Crippen molar-refractivity contribution >= 4 is 5.57 Å². The molecule has 0 spiro atoms. The average molecular weight is 463 g/mol. The summed E-state index contributed by atoms with van der Waals surface area (Å²) < 4.78 is 40.6. The normalized spacial score (nSPS) is 17.0. The average Bonchev–Trinajstić information content (AvgIpc) is 3.20. The summed E-state index contributed by atoms with van der Waals surface area (Å²) in [6, 6.07) is 18.3. The van der Waals surface area contributed by atoms with Gasteiger partial charge in [-0.1, -0.05) is 30.3 Å². The minimum Gasteiger partial charge on any atom is -0.387 e. The second-order valence-electron chi connectivity index (χ2n) is 9.39. The predicted octanol–water partition coefficient (Wildman–Crippen LogP) is 6.18. The van der Waals surface area contributed by atoms with Crippen molar-refractivity contribution in [3.05, 3.63) is 112 Å². The number of fused-ring (bicyclic) bond motifs is 2. The van der Waals surface area contributed by atoms with E-state index in [0.717, 1.165) is 62.0 Å². The summed E-state index contributed by atoms with van der Waals surface area (Å²) in [5.74, 6) is -0.134. The van der Waals surface area contributed by atoms with Crippen LogP contribution in [0.1, 0.15) is 47.4 Å². The Balaban J connectivity index is 1.15. The molecule has 1 aliphatic carbocycles. The van der Waals surface area contributed by atoms with Crippen LogP contribution in [0.3, 0.4) is 0 Å². The van der Waals surface area contributed by atoms with Crippen molar-refractivity contribution in [3.63, 3.8) is 0 Å². The molecule has 5 rings (SSSR count). The van der Waals surface area contributed by atoms with E-state index < -0.39 is 0 Å². The Morgan fingerprint density at radius 1 is 0.853 bits per heavy atom. The summed E-state index contributed by atoms with van der Waals surface area (Å²) >= 11 is 0. The molecule has 0 fully saturated rings. The van der Waals surface area contributed by atoms with Crippen LogP contribution in [0.15, 0.2) is 72.4 Å². The first-order valence-electron chi connectivity index (χ1n) is 12.0. The lowest BCUT2D eigenvalue weighted by molar-refractivity contribution is 0.445. The molecule has 1 heterocycles. The third-order valence-electron chi connectivity index (χ3n) is 7.05. The lowest BCUT2D eigenvalue weighted by atomic mass is 9.87. The maximum atomic E-state index is 13.8. The van der Waals surface area contributed by atoms with Gasteiger partial charge in [-0.15, -0.1) is 0 Å². The van der Waals surface area contributed by atoms with Crippen LogP contribution >= 0.6 is 0 Å². The van der Waals surface area contributed by atoms with E-state index >= 15 is 0 Å². The van der Waals surface area contributed by atoms with E-state index in [9.17, 15) is 13.2 Å². The van der Waals surface area contributed by atoms with Crippen molar-refractivity contribution in [2.24, 2.45) is 5.92 Å². The van der Waals surface area contributed by atoms with E-state index in [1.165, 1.54) is 41.1 Å². The summed E-state index contributed by atoms with van der Waals surface area (Å²) in [6.45, 7) is 2.69. The van der Waals surface area contributed by atoms with Crippen LogP contribution in [0.25, 0.3) is 5.57 Å². The van der Waals surface area contributed by atoms with Gasteiger partial charge in [0.1, 0.15) is 17.5 Å². The fourth-order valence-corrected chi connectivity index (χ4v) is 5.27. The summed E-state index contributed by atoms with van der Waals surface area (Å²) in [4.78, 5) is 0. The third kappa shape index (κ3) is 5.05. The highest BCUT2D eigenvalue weighted by Gasteiger charge is 2.28. The highest BCUT2D eigenvalue weighted by atomic mass is 19.1. The van der Waals surface area contributed by atoms with Crippen LogP contribution in [0.5, 0.6) is 0 Å². The van der Waals surface area contributed by atoms with E-state index in [1.54, 1.807) is 12.1 Å². The summed E-state index contributed by atoms with van der Waals surface area (Å²) in [7, 11) is 0. The Hall–Kier alpha value is -3.05. The molecule has 176 valence electrons. The molecule has 34 heavy (non-hydrogen) atoms. The van der Waals surface area contributed by atoms with Crippen LogP contribution in [-0.2, 0) is 6.42 Å². The molecule has 3 aromatic carbocycles. The van der Waals surface area contributed by atoms with Crippen molar-refractivity contribution < 1.29 is 13.2 Å². The number of halogens is 3.